The monoisotopic (exact) mass is 644 g/mol. The highest BCUT2D eigenvalue weighted by Crippen LogP contribution is 2.55. The van der Waals surface area contributed by atoms with Crippen LogP contribution in [0.4, 0.5) is 20.2 Å². The molecule has 0 saturated carbocycles. The van der Waals surface area contributed by atoms with E-state index in [9.17, 15) is 8.78 Å². The topological polar surface area (TPSA) is 38.4 Å². The average molecular weight is 646 g/mol. The second kappa shape index (κ2) is 13.7. The molecule has 0 aromatic heterocycles. The summed E-state index contributed by atoms with van der Waals surface area (Å²) in [6, 6.07) is 24.5. The molecule has 1 aliphatic rings. The van der Waals surface area contributed by atoms with Gasteiger partial charge >= 0.3 is 0 Å². The fraction of sp³-hybridized carbons (Fsp3) is 0.219. The van der Waals surface area contributed by atoms with Crippen molar-refractivity contribution in [3.8, 4) is 0 Å². The third-order valence-corrected chi connectivity index (χ3v) is 11.0. The van der Waals surface area contributed by atoms with Crippen molar-refractivity contribution in [3.63, 3.8) is 0 Å². The molecule has 0 amide bonds. The van der Waals surface area contributed by atoms with E-state index >= 15 is 0 Å². The smallest absolute Gasteiger partial charge is 0.298 e. The number of hydrogen-bond donors (Lipinski definition) is 1. The molecule has 0 radical (unpaired) electrons. The summed E-state index contributed by atoms with van der Waals surface area (Å²) in [6.45, 7) is 3.76. The van der Waals surface area contributed by atoms with E-state index in [1.165, 1.54) is 71.5 Å². The summed E-state index contributed by atoms with van der Waals surface area (Å²) in [5, 5.41) is 3.49. The molecular weight excluding hydrogens is 617 g/mol. The van der Waals surface area contributed by atoms with Gasteiger partial charge in [-0.05, 0) is 109 Å². The minimum atomic E-state index is -3.09. The van der Waals surface area contributed by atoms with Crippen LogP contribution in [0.3, 0.4) is 0 Å². The molecule has 4 aromatic rings. The van der Waals surface area contributed by atoms with Crippen molar-refractivity contribution in [1.29, 1.82) is 0 Å². The second-order valence-corrected chi connectivity index (χ2v) is 13.4. The quantitative estimate of drug-likeness (QED) is 0.133. The number of alkyl halides is 2. The van der Waals surface area contributed by atoms with Crippen LogP contribution < -0.4 is 5.73 Å². The molecule has 0 aliphatic carbocycles. The number of thioether (sulfide) groups is 2. The Morgan fingerprint density at radius 3 is 1.90 bits per heavy atom. The maximum absolute atomic E-state index is 14.4. The molecule has 0 bridgehead atoms. The Balaban J connectivity index is 0.000000189. The zero-order chi connectivity index (χ0) is 29.6. The Hall–Kier alpha value is -2.38. The molecular formula is C32H28Cl2F2N2S3. The van der Waals surface area contributed by atoms with Gasteiger partial charge < -0.3 is 5.73 Å². The van der Waals surface area contributed by atoms with E-state index in [4.69, 9.17) is 28.9 Å². The number of isothiocyanates is 1. The number of thiocarbonyl (C=S) groups is 1. The highest BCUT2D eigenvalue weighted by molar-refractivity contribution is 8.18. The maximum Gasteiger partial charge on any atom is 0.298 e. The number of nitrogen functional groups attached to an aromatic ring is 1. The number of aliphatic imine (C=N–C) groups is 1. The van der Waals surface area contributed by atoms with E-state index in [1.54, 1.807) is 6.92 Å². The number of anilines is 1. The van der Waals surface area contributed by atoms with Gasteiger partial charge in [0.05, 0.1) is 10.8 Å². The first-order valence-corrected chi connectivity index (χ1v) is 15.9. The number of nitrogens with zero attached hydrogens (tertiary/aromatic N) is 1. The van der Waals surface area contributed by atoms with Gasteiger partial charge in [0.15, 0.2) is 0 Å². The van der Waals surface area contributed by atoms with Crippen LogP contribution >= 0.6 is 58.9 Å². The molecule has 1 heterocycles. The molecule has 2 nitrogen and oxygen atoms in total. The predicted octanol–water partition coefficient (Wildman–Crippen LogP) is 10.8. The van der Waals surface area contributed by atoms with Gasteiger partial charge in [0.2, 0.25) is 0 Å². The highest BCUT2D eigenvalue weighted by Gasteiger charge is 2.38. The summed E-state index contributed by atoms with van der Waals surface area (Å²) in [6.07, 6.45) is 1.26. The molecule has 1 saturated heterocycles. The number of benzene rings is 4. The zero-order valence-electron chi connectivity index (χ0n) is 22.5. The van der Waals surface area contributed by atoms with Gasteiger partial charge in [-0.15, -0.1) is 23.5 Å². The minimum absolute atomic E-state index is 0.0404. The van der Waals surface area contributed by atoms with Gasteiger partial charge in [-0.3, -0.25) is 0 Å². The Morgan fingerprint density at radius 2 is 1.34 bits per heavy atom. The summed E-state index contributed by atoms with van der Waals surface area (Å²) in [7, 11) is 0. The summed E-state index contributed by atoms with van der Waals surface area (Å²) in [4.78, 5) is 3.73. The van der Waals surface area contributed by atoms with Crippen LogP contribution in [0.15, 0.2) is 89.9 Å². The summed E-state index contributed by atoms with van der Waals surface area (Å²) in [5.74, 6) is -0.729. The Kier molecular flexibility index (Phi) is 10.6. The number of aryl methyl sites for hydroxylation is 2. The van der Waals surface area contributed by atoms with Crippen molar-refractivity contribution in [2.24, 2.45) is 4.99 Å². The molecule has 0 atom stereocenters. The molecule has 1 aliphatic heterocycles. The molecule has 9 heteroatoms. The zero-order valence-corrected chi connectivity index (χ0v) is 26.4. The molecule has 4 aromatic carbocycles. The first-order valence-electron chi connectivity index (χ1n) is 12.8. The van der Waals surface area contributed by atoms with Crippen LogP contribution in [-0.4, -0.2) is 16.7 Å². The summed E-state index contributed by atoms with van der Waals surface area (Å²) in [5.41, 5.74) is 11.3. The number of hydrogen-bond acceptors (Lipinski definition) is 5. The molecule has 5 rings (SSSR count). The van der Waals surface area contributed by atoms with E-state index in [0.29, 0.717) is 16.3 Å². The van der Waals surface area contributed by atoms with Crippen LogP contribution in [0.1, 0.15) is 39.8 Å². The minimum Gasteiger partial charge on any atom is -0.399 e. The Morgan fingerprint density at radius 1 is 0.805 bits per heavy atom. The Bertz CT molecular complexity index is 1550. The maximum atomic E-state index is 14.4. The van der Waals surface area contributed by atoms with Gasteiger partial charge in [-0.2, -0.15) is 13.8 Å². The number of rotatable bonds is 5. The summed E-state index contributed by atoms with van der Waals surface area (Å²) < 4.78 is 28.8. The molecule has 212 valence electrons. The van der Waals surface area contributed by atoms with Gasteiger partial charge in [-0.25, -0.2) is 0 Å². The fourth-order valence-electron chi connectivity index (χ4n) is 4.39. The number of halogens is 4. The van der Waals surface area contributed by atoms with Crippen molar-refractivity contribution in [3.05, 3.63) is 128 Å². The van der Waals surface area contributed by atoms with E-state index in [1.807, 2.05) is 41.7 Å². The normalized spacial score (nSPS) is 14.4. The summed E-state index contributed by atoms with van der Waals surface area (Å²) >= 11 is 20.6. The van der Waals surface area contributed by atoms with E-state index in [2.05, 4.69) is 53.6 Å². The van der Waals surface area contributed by atoms with Crippen molar-refractivity contribution in [2.45, 2.75) is 30.3 Å². The first kappa shape index (κ1) is 31.6. The second-order valence-electron chi connectivity index (χ2n) is 9.54. The molecule has 2 N–H and O–H groups in total. The molecule has 0 spiro atoms. The van der Waals surface area contributed by atoms with E-state index in [0.717, 1.165) is 16.3 Å². The third kappa shape index (κ3) is 7.34. The van der Waals surface area contributed by atoms with Crippen molar-refractivity contribution < 1.29 is 8.78 Å². The first-order chi connectivity index (χ1) is 19.6. The van der Waals surface area contributed by atoms with Gasteiger partial charge in [0, 0.05) is 26.9 Å². The van der Waals surface area contributed by atoms with Crippen molar-refractivity contribution >= 4 is 75.5 Å². The molecule has 1 fully saturated rings. The van der Waals surface area contributed by atoms with Crippen LogP contribution in [0, 0.1) is 13.8 Å². The lowest BCUT2D eigenvalue weighted by molar-refractivity contribution is 0.0428. The van der Waals surface area contributed by atoms with Crippen LogP contribution in [0.5, 0.6) is 0 Å². The van der Waals surface area contributed by atoms with Gasteiger partial charge in [0.25, 0.3) is 5.92 Å². The largest absolute Gasteiger partial charge is 0.399 e. The molecule has 41 heavy (non-hydrogen) atoms. The van der Waals surface area contributed by atoms with E-state index < -0.39 is 5.92 Å². The predicted molar refractivity (Wildman–Crippen MR) is 178 cm³/mol. The lowest BCUT2D eigenvalue weighted by Crippen LogP contribution is -2.24. The van der Waals surface area contributed by atoms with E-state index in [-0.39, 0.29) is 15.2 Å². The van der Waals surface area contributed by atoms with Gasteiger partial charge in [-0.1, -0.05) is 65.7 Å². The Labute approximate surface area is 263 Å². The standard InChI is InChI=1S/C17H18ClNS2.C15H10ClF2NS/c1-12-11-14(5-8-16(12)18)17(20-9-2-10-21-17)13-3-6-15(19)7-4-13;1-10-8-12(4-7-14(10)16)15(17,18)11-2-5-13(6-3-11)19-9-20/h3-8,11H,2,9-10,19H2,1H3;2-8H,1H3. The third-order valence-electron chi connectivity index (χ3n) is 6.65. The highest BCUT2D eigenvalue weighted by atomic mass is 35.5. The van der Waals surface area contributed by atoms with Crippen LogP contribution in [-0.2, 0) is 10.0 Å². The average Bonchev–Trinajstić information content (AvgIpc) is 2.97. The van der Waals surface area contributed by atoms with Gasteiger partial charge in [0.1, 0.15) is 4.08 Å². The lowest BCUT2D eigenvalue weighted by Gasteiger charge is -2.37. The SMILES string of the molecule is Cc1cc(C(F)(F)c2ccc(N=C=S)cc2)ccc1Cl.Cc1cc(C2(c3ccc(N)cc3)SCCCS2)ccc1Cl. The van der Waals surface area contributed by atoms with Crippen molar-refractivity contribution in [1.82, 2.24) is 0 Å². The van der Waals surface area contributed by atoms with Crippen LogP contribution in [0.25, 0.3) is 0 Å². The van der Waals surface area contributed by atoms with Crippen molar-refractivity contribution in [2.75, 3.05) is 17.2 Å². The lowest BCUT2D eigenvalue weighted by atomic mass is 9.98. The van der Waals surface area contributed by atoms with Crippen LogP contribution in [0.2, 0.25) is 10.0 Å². The fourth-order valence-corrected chi connectivity index (χ4v) is 8.09. The molecule has 0 unspecified atom stereocenters. The number of nitrogens with two attached hydrogens (primary N) is 1.